The summed E-state index contributed by atoms with van der Waals surface area (Å²) in [4.78, 5) is 28.6. The summed E-state index contributed by atoms with van der Waals surface area (Å²) in [7, 11) is 1.36. The number of carbonyl (C=O) groups is 2. The van der Waals surface area contributed by atoms with Crippen LogP contribution >= 0.6 is 11.3 Å². The molecule has 0 fully saturated rings. The highest BCUT2D eigenvalue weighted by molar-refractivity contribution is 7.16. The second kappa shape index (κ2) is 9.14. The van der Waals surface area contributed by atoms with Gasteiger partial charge >= 0.3 is 5.97 Å². The number of fused-ring (bicyclic) bond motifs is 1. The van der Waals surface area contributed by atoms with E-state index in [1.807, 2.05) is 59.2 Å². The molecule has 0 saturated carbocycles. The van der Waals surface area contributed by atoms with Crippen LogP contribution in [0.2, 0.25) is 0 Å². The highest BCUT2D eigenvalue weighted by atomic mass is 32.1. The zero-order valence-electron chi connectivity index (χ0n) is 15.0. The number of hydrogen-bond acceptors (Lipinski definition) is 5. The summed E-state index contributed by atoms with van der Waals surface area (Å²) in [5.74, 6) is 0.163. The van der Waals surface area contributed by atoms with Gasteiger partial charge in [0.2, 0.25) is 0 Å². The van der Waals surface area contributed by atoms with Crippen LogP contribution in [0, 0.1) is 0 Å². The Hall–Kier alpha value is -2.93. The van der Waals surface area contributed by atoms with Gasteiger partial charge < -0.3 is 14.0 Å². The van der Waals surface area contributed by atoms with E-state index in [1.54, 1.807) is 0 Å². The van der Waals surface area contributed by atoms with Crippen LogP contribution in [-0.2, 0) is 20.9 Å². The number of ether oxygens (including phenoxy) is 2. The lowest BCUT2D eigenvalue weighted by atomic mass is 10.3. The molecular formula is C20H20N2O4S. The van der Waals surface area contributed by atoms with Gasteiger partial charge in [0.1, 0.15) is 5.75 Å². The summed E-state index contributed by atoms with van der Waals surface area (Å²) in [6, 6.07) is 17.1. The molecule has 0 bridgehead atoms. The van der Waals surface area contributed by atoms with Crippen molar-refractivity contribution >= 4 is 33.4 Å². The normalized spacial score (nSPS) is 11.5. The van der Waals surface area contributed by atoms with Crippen molar-refractivity contribution < 1.29 is 19.1 Å². The number of benzene rings is 2. The number of para-hydroxylation sites is 2. The molecule has 3 aromatic rings. The largest absolute Gasteiger partial charge is 0.493 e. The van der Waals surface area contributed by atoms with Crippen LogP contribution < -0.4 is 9.54 Å². The maximum atomic E-state index is 12.3. The number of carbonyl (C=O) groups excluding carboxylic acids is 2. The van der Waals surface area contributed by atoms with Crippen molar-refractivity contribution in [2.75, 3.05) is 13.7 Å². The zero-order valence-corrected chi connectivity index (χ0v) is 15.8. The smallest absolute Gasteiger partial charge is 0.307 e. The number of aryl methyl sites for hydroxylation is 1. The first-order valence-corrected chi connectivity index (χ1v) is 9.39. The predicted molar refractivity (Wildman–Crippen MR) is 104 cm³/mol. The minimum Gasteiger partial charge on any atom is -0.493 e. The van der Waals surface area contributed by atoms with E-state index in [9.17, 15) is 9.59 Å². The first-order chi connectivity index (χ1) is 13.2. The van der Waals surface area contributed by atoms with Crippen molar-refractivity contribution in [1.82, 2.24) is 4.57 Å². The van der Waals surface area contributed by atoms with E-state index in [-0.39, 0.29) is 31.3 Å². The lowest BCUT2D eigenvalue weighted by molar-refractivity contribution is -0.140. The third kappa shape index (κ3) is 5.04. The highest BCUT2D eigenvalue weighted by Crippen LogP contribution is 2.17. The topological polar surface area (TPSA) is 69.9 Å². The molecule has 3 rings (SSSR count). The average molecular weight is 384 g/mol. The van der Waals surface area contributed by atoms with Crippen molar-refractivity contribution in [3.63, 3.8) is 0 Å². The van der Waals surface area contributed by atoms with Crippen LogP contribution in [0.15, 0.2) is 59.6 Å². The fraction of sp³-hybridized carbons (Fsp3) is 0.250. The first-order valence-electron chi connectivity index (χ1n) is 8.58. The molecule has 0 N–H and O–H groups in total. The lowest BCUT2D eigenvalue weighted by Crippen LogP contribution is -2.19. The number of aromatic nitrogens is 1. The molecule has 140 valence electrons. The van der Waals surface area contributed by atoms with Gasteiger partial charge in [0.15, 0.2) is 4.80 Å². The Balaban J connectivity index is 1.75. The Morgan fingerprint density at radius 3 is 2.56 bits per heavy atom. The Morgan fingerprint density at radius 1 is 1.04 bits per heavy atom. The molecule has 0 spiro atoms. The SMILES string of the molecule is COC(=O)CCn1c(=NC(=O)CCOc2ccccc2)sc2ccccc21. The quantitative estimate of drug-likeness (QED) is 0.587. The Labute approximate surface area is 160 Å². The molecule has 1 aromatic heterocycles. The summed E-state index contributed by atoms with van der Waals surface area (Å²) >= 11 is 1.42. The minimum absolute atomic E-state index is 0.181. The maximum Gasteiger partial charge on any atom is 0.307 e. The molecule has 0 aliphatic rings. The van der Waals surface area contributed by atoms with Gasteiger partial charge in [-0.2, -0.15) is 4.99 Å². The van der Waals surface area contributed by atoms with Crippen LogP contribution in [-0.4, -0.2) is 30.2 Å². The highest BCUT2D eigenvalue weighted by Gasteiger charge is 2.10. The third-order valence-corrected chi connectivity index (χ3v) is 4.96. The second-order valence-electron chi connectivity index (χ2n) is 5.75. The number of hydrogen-bond donors (Lipinski definition) is 0. The minimum atomic E-state index is -0.300. The van der Waals surface area contributed by atoms with E-state index in [0.29, 0.717) is 11.3 Å². The van der Waals surface area contributed by atoms with Crippen molar-refractivity contribution in [2.24, 2.45) is 4.99 Å². The van der Waals surface area contributed by atoms with Crippen LogP contribution in [0.5, 0.6) is 5.75 Å². The Bertz CT molecular complexity index is 992. The van der Waals surface area contributed by atoms with E-state index in [0.717, 1.165) is 16.0 Å². The molecule has 0 aliphatic carbocycles. The Kier molecular flexibility index (Phi) is 6.38. The molecule has 27 heavy (non-hydrogen) atoms. The van der Waals surface area contributed by atoms with E-state index < -0.39 is 0 Å². The molecule has 0 saturated heterocycles. The molecule has 0 unspecified atom stereocenters. The van der Waals surface area contributed by atoms with Crippen LogP contribution in [0.3, 0.4) is 0 Å². The number of esters is 1. The number of amides is 1. The molecule has 0 aliphatic heterocycles. The number of rotatable bonds is 7. The Morgan fingerprint density at radius 2 is 1.78 bits per heavy atom. The number of thiazole rings is 1. The summed E-state index contributed by atoms with van der Waals surface area (Å²) in [5.41, 5.74) is 0.943. The maximum absolute atomic E-state index is 12.3. The van der Waals surface area contributed by atoms with Crippen LogP contribution in [0.1, 0.15) is 12.8 Å². The van der Waals surface area contributed by atoms with Crippen molar-refractivity contribution in [1.29, 1.82) is 0 Å². The van der Waals surface area contributed by atoms with Gasteiger partial charge in [0, 0.05) is 6.54 Å². The molecule has 1 heterocycles. The van der Waals surface area contributed by atoms with Gasteiger partial charge in [-0.25, -0.2) is 0 Å². The average Bonchev–Trinajstić information content (AvgIpc) is 3.03. The second-order valence-corrected chi connectivity index (χ2v) is 6.76. The van der Waals surface area contributed by atoms with Crippen LogP contribution in [0.4, 0.5) is 0 Å². The molecule has 1 amide bonds. The molecule has 6 nitrogen and oxygen atoms in total. The number of methoxy groups -OCH3 is 1. The summed E-state index contributed by atoms with van der Waals surface area (Å²) in [6.07, 6.45) is 0.399. The van der Waals surface area contributed by atoms with Crippen molar-refractivity contribution in [3.05, 3.63) is 59.4 Å². The van der Waals surface area contributed by atoms with Gasteiger partial charge in [0.25, 0.3) is 5.91 Å². The summed E-state index contributed by atoms with van der Waals surface area (Å²) in [6.45, 7) is 0.669. The third-order valence-electron chi connectivity index (χ3n) is 3.90. The van der Waals surface area contributed by atoms with Gasteiger partial charge in [-0.15, -0.1) is 0 Å². The van der Waals surface area contributed by atoms with E-state index >= 15 is 0 Å². The summed E-state index contributed by atoms with van der Waals surface area (Å²) in [5, 5.41) is 0. The van der Waals surface area contributed by atoms with Gasteiger partial charge in [0.05, 0.1) is 36.8 Å². The first kappa shape index (κ1) is 18.8. The molecule has 0 atom stereocenters. The monoisotopic (exact) mass is 384 g/mol. The standard InChI is InChI=1S/C20H20N2O4S/c1-25-19(24)11-13-22-16-9-5-6-10-17(16)27-20(22)21-18(23)12-14-26-15-7-3-2-4-8-15/h2-10H,11-14H2,1H3. The van der Waals surface area contributed by atoms with Gasteiger partial charge in [-0.3, -0.25) is 9.59 Å². The summed E-state index contributed by atoms with van der Waals surface area (Å²) < 4.78 is 13.2. The van der Waals surface area contributed by atoms with E-state index in [4.69, 9.17) is 9.47 Å². The molecule has 7 heteroatoms. The van der Waals surface area contributed by atoms with Gasteiger partial charge in [-0.1, -0.05) is 41.7 Å². The van der Waals surface area contributed by atoms with E-state index in [2.05, 4.69) is 4.99 Å². The fourth-order valence-corrected chi connectivity index (χ4v) is 3.64. The molecule has 2 aromatic carbocycles. The molecule has 0 radical (unpaired) electrons. The molecular weight excluding hydrogens is 364 g/mol. The van der Waals surface area contributed by atoms with Crippen molar-refractivity contribution in [3.8, 4) is 5.75 Å². The fourth-order valence-electron chi connectivity index (χ4n) is 2.56. The zero-order chi connectivity index (χ0) is 19.1. The lowest BCUT2D eigenvalue weighted by Gasteiger charge is -2.05. The van der Waals surface area contributed by atoms with E-state index in [1.165, 1.54) is 18.4 Å². The predicted octanol–water partition coefficient (Wildman–Crippen LogP) is 3.16. The van der Waals surface area contributed by atoms with Gasteiger partial charge in [-0.05, 0) is 24.3 Å². The van der Waals surface area contributed by atoms with Crippen LogP contribution in [0.25, 0.3) is 10.2 Å². The number of nitrogens with zero attached hydrogens (tertiary/aromatic N) is 2. The van der Waals surface area contributed by atoms with Crippen molar-refractivity contribution in [2.45, 2.75) is 19.4 Å².